The Morgan fingerprint density at radius 3 is 2.28 bits per heavy atom. The Morgan fingerprint density at radius 2 is 1.55 bits per heavy atom. The number of ether oxygens (including phenoxy) is 2. The molecule has 1 saturated heterocycles. The lowest BCUT2D eigenvalue weighted by molar-refractivity contribution is -0.139. The highest BCUT2D eigenvalue weighted by Crippen LogP contribution is 2.28. The van der Waals surface area contributed by atoms with E-state index in [9.17, 15) is 23.2 Å². The van der Waals surface area contributed by atoms with Crippen molar-refractivity contribution in [3.63, 3.8) is 0 Å². The summed E-state index contributed by atoms with van der Waals surface area (Å²) in [5.74, 6) is -2.50. The van der Waals surface area contributed by atoms with Crippen LogP contribution in [0.1, 0.15) is 48.2 Å². The van der Waals surface area contributed by atoms with Gasteiger partial charge in [-0.25, -0.2) is 8.78 Å². The van der Waals surface area contributed by atoms with Crippen LogP contribution in [0.4, 0.5) is 8.78 Å². The Hall–Kier alpha value is -3.87. The van der Waals surface area contributed by atoms with Gasteiger partial charge in [0.15, 0.2) is 11.6 Å². The van der Waals surface area contributed by atoms with Crippen LogP contribution in [-0.2, 0) is 32.2 Å². The minimum atomic E-state index is -0.993. The zero-order valence-electron chi connectivity index (χ0n) is 27.0. The summed E-state index contributed by atoms with van der Waals surface area (Å²) in [5, 5.41) is 6.22. The molecule has 1 atom stereocenters. The van der Waals surface area contributed by atoms with Gasteiger partial charge in [-0.1, -0.05) is 49.6 Å². The van der Waals surface area contributed by atoms with Gasteiger partial charge >= 0.3 is 0 Å². The average Bonchev–Trinajstić information content (AvgIpc) is 3.44. The summed E-state index contributed by atoms with van der Waals surface area (Å²) in [5.41, 5.74) is 1.76. The normalized spacial score (nSPS) is 16.4. The number of benzene rings is 2. The standard InChI is InChI=1S/C35H45F2N5O5/c1-38-23-32(43)39-33(26-10-6-3-7-11-26)35(45)41-14-12-40(13-15-41)34(44)31-21-27-20-28(36)29(37)22-30(27)42(31)16-17-46-18-19-47-24-25-8-4-2-5-9-25/h2,4-5,8-9,20-22,26,33,38H,3,6-7,10-19,23-24H2,1H3,(H,39,43). The molecule has 0 bridgehead atoms. The number of halogens is 2. The Bertz CT molecular complexity index is 1500. The van der Waals surface area contributed by atoms with Crippen molar-refractivity contribution < 1.29 is 32.6 Å². The number of hydrogen-bond acceptors (Lipinski definition) is 6. The molecule has 47 heavy (non-hydrogen) atoms. The number of hydrogen-bond donors (Lipinski definition) is 2. The summed E-state index contributed by atoms with van der Waals surface area (Å²) >= 11 is 0. The number of nitrogens with zero attached hydrogens (tertiary/aromatic N) is 3. The van der Waals surface area contributed by atoms with Crippen molar-refractivity contribution in [1.82, 2.24) is 25.0 Å². The Balaban J connectivity index is 1.20. The predicted octanol–water partition coefficient (Wildman–Crippen LogP) is 3.72. The van der Waals surface area contributed by atoms with Crippen molar-refractivity contribution in [1.29, 1.82) is 0 Å². The smallest absolute Gasteiger partial charge is 0.270 e. The fourth-order valence-corrected chi connectivity index (χ4v) is 6.54. The maximum absolute atomic E-state index is 14.3. The van der Waals surface area contributed by atoms with Crippen LogP contribution in [0.15, 0.2) is 48.5 Å². The first-order valence-corrected chi connectivity index (χ1v) is 16.6. The average molecular weight is 654 g/mol. The molecule has 2 aromatic carbocycles. The number of likely N-dealkylation sites (N-methyl/N-ethyl adjacent to an activating group) is 1. The Morgan fingerprint density at radius 1 is 0.872 bits per heavy atom. The van der Waals surface area contributed by atoms with Crippen LogP contribution in [-0.4, -0.2) is 97.7 Å². The zero-order valence-corrected chi connectivity index (χ0v) is 27.0. The number of piperazine rings is 1. The van der Waals surface area contributed by atoms with Crippen LogP contribution < -0.4 is 10.6 Å². The molecule has 1 unspecified atom stereocenters. The molecule has 1 aliphatic carbocycles. The van der Waals surface area contributed by atoms with Gasteiger partial charge < -0.3 is 34.5 Å². The van der Waals surface area contributed by atoms with Crippen molar-refractivity contribution in [3.05, 3.63) is 71.4 Å². The van der Waals surface area contributed by atoms with Gasteiger partial charge in [-0.3, -0.25) is 14.4 Å². The van der Waals surface area contributed by atoms with Crippen LogP contribution in [0.2, 0.25) is 0 Å². The molecule has 0 spiro atoms. The molecule has 5 rings (SSSR count). The first-order valence-electron chi connectivity index (χ1n) is 16.6. The summed E-state index contributed by atoms with van der Waals surface area (Å²) in [4.78, 5) is 43.4. The number of amides is 3. The molecular weight excluding hydrogens is 608 g/mol. The van der Waals surface area contributed by atoms with Crippen molar-refractivity contribution in [2.24, 2.45) is 5.92 Å². The fourth-order valence-electron chi connectivity index (χ4n) is 6.54. The summed E-state index contributed by atoms with van der Waals surface area (Å²) < 4.78 is 41.6. The summed E-state index contributed by atoms with van der Waals surface area (Å²) in [6, 6.07) is 13.0. The maximum Gasteiger partial charge on any atom is 0.270 e. The van der Waals surface area contributed by atoms with E-state index in [2.05, 4.69) is 10.6 Å². The third-order valence-corrected chi connectivity index (χ3v) is 9.02. The van der Waals surface area contributed by atoms with Gasteiger partial charge in [0.25, 0.3) is 5.91 Å². The molecule has 12 heteroatoms. The second-order valence-corrected chi connectivity index (χ2v) is 12.2. The molecule has 1 aliphatic heterocycles. The number of aromatic nitrogens is 1. The molecule has 2 heterocycles. The highest BCUT2D eigenvalue weighted by molar-refractivity contribution is 5.99. The summed E-state index contributed by atoms with van der Waals surface area (Å²) in [6.45, 7) is 3.06. The molecule has 2 aliphatic rings. The number of carbonyl (C=O) groups is 3. The molecular formula is C35H45F2N5O5. The van der Waals surface area contributed by atoms with Crippen LogP contribution >= 0.6 is 0 Å². The number of rotatable bonds is 14. The molecule has 254 valence electrons. The van der Waals surface area contributed by atoms with Crippen LogP contribution in [0.25, 0.3) is 10.9 Å². The molecule has 3 amide bonds. The van der Waals surface area contributed by atoms with E-state index in [1.54, 1.807) is 27.5 Å². The van der Waals surface area contributed by atoms with Crippen molar-refractivity contribution in [2.45, 2.75) is 51.3 Å². The lowest BCUT2D eigenvalue weighted by Gasteiger charge is -2.39. The van der Waals surface area contributed by atoms with E-state index < -0.39 is 17.7 Å². The Labute approximate surface area is 274 Å². The van der Waals surface area contributed by atoms with E-state index in [1.807, 2.05) is 30.3 Å². The molecule has 2 fully saturated rings. The first kappa shape index (κ1) is 34.5. The van der Waals surface area contributed by atoms with Gasteiger partial charge in [-0.05, 0) is 43.5 Å². The van der Waals surface area contributed by atoms with Gasteiger partial charge in [0.2, 0.25) is 11.8 Å². The van der Waals surface area contributed by atoms with E-state index in [1.165, 1.54) is 0 Å². The van der Waals surface area contributed by atoms with Crippen LogP contribution in [0, 0.1) is 17.6 Å². The SMILES string of the molecule is CNCC(=O)NC(C(=O)N1CCN(C(=O)c2cc3cc(F)c(F)cc3n2CCOCCOCc2ccccc2)CC1)C1CCCCC1. The molecule has 0 radical (unpaired) electrons. The lowest BCUT2D eigenvalue weighted by Crippen LogP contribution is -2.58. The minimum Gasteiger partial charge on any atom is -0.377 e. The van der Waals surface area contributed by atoms with E-state index in [0.29, 0.717) is 62.6 Å². The molecule has 3 aromatic rings. The van der Waals surface area contributed by atoms with Crippen molar-refractivity contribution in [2.75, 3.05) is 59.6 Å². The maximum atomic E-state index is 14.3. The first-order chi connectivity index (χ1) is 22.9. The number of carbonyl (C=O) groups excluding carboxylic acids is 3. The highest BCUT2D eigenvalue weighted by Gasteiger charge is 2.36. The number of nitrogens with one attached hydrogen (secondary N) is 2. The van der Waals surface area contributed by atoms with Gasteiger partial charge in [0, 0.05) is 44.2 Å². The van der Waals surface area contributed by atoms with Crippen molar-refractivity contribution >= 4 is 28.6 Å². The summed E-state index contributed by atoms with van der Waals surface area (Å²) in [6.07, 6.45) is 4.99. The van der Waals surface area contributed by atoms with Gasteiger partial charge in [0.05, 0.1) is 38.5 Å². The van der Waals surface area contributed by atoms with Gasteiger partial charge in [0.1, 0.15) is 11.7 Å². The minimum absolute atomic E-state index is 0.0888. The molecule has 1 aromatic heterocycles. The third kappa shape index (κ3) is 8.94. The summed E-state index contributed by atoms with van der Waals surface area (Å²) in [7, 11) is 1.69. The zero-order chi connectivity index (χ0) is 33.2. The molecule has 1 saturated carbocycles. The van der Waals surface area contributed by atoms with Crippen LogP contribution in [0.5, 0.6) is 0 Å². The van der Waals surface area contributed by atoms with E-state index in [-0.39, 0.29) is 43.3 Å². The fraction of sp³-hybridized carbons (Fsp3) is 0.514. The quantitative estimate of drug-likeness (QED) is 0.257. The van der Waals surface area contributed by atoms with E-state index >= 15 is 0 Å². The largest absolute Gasteiger partial charge is 0.377 e. The van der Waals surface area contributed by atoms with E-state index in [0.717, 1.165) is 49.8 Å². The second-order valence-electron chi connectivity index (χ2n) is 12.2. The third-order valence-electron chi connectivity index (χ3n) is 9.02. The topological polar surface area (TPSA) is 105 Å². The van der Waals surface area contributed by atoms with Gasteiger partial charge in [-0.15, -0.1) is 0 Å². The van der Waals surface area contributed by atoms with Crippen LogP contribution in [0.3, 0.4) is 0 Å². The monoisotopic (exact) mass is 653 g/mol. The van der Waals surface area contributed by atoms with E-state index in [4.69, 9.17) is 9.47 Å². The highest BCUT2D eigenvalue weighted by atomic mass is 19.2. The molecule has 10 nitrogen and oxygen atoms in total. The number of fused-ring (bicyclic) bond motifs is 1. The van der Waals surface area contributed by atoms with Gasteiger partial charge in [-0.2, -0.15) is 0 Å². The predicted molar refractivity (Wildman–Crippen MR) is 174 cm³/mol. The lowest BCUT2D eigenvalue weighted by atomic mass is 9.83. The molecule has 2 N–H and O–H groups in total. The second kappa shape index (κ2) is 16.8. The Kier molecular flexibility index (Phi) is 12.3. The van der Waals surface area contributed by atoms with Crippen molar-refractivity contribution in [3.8, 4) is 0 Å².